The lowest BCUT2D eigenvalue weighted by Gasteiger charge is -2.12. The third kappa shape index (κ3) is 6.95. The van der Waals surface area contributed by atoms with Gasteiger partial charge in [-0.2, -0.15) is 5.26 Å². The van der Waals surface area contributed by atoms with E-state index in [9.17, 15) is 14.9 Å². The zero-order valence-corrected chi connectivity index (χ0v) is 20.1. The molecule has 0 aliphatic heterocycles. The van der Waals surface area contributed by atoms with E-state index >= 15 is 0 Å². The maximum Gasteiger partial charge on any atom is 0.266 e. The van der Waals surface area contributed by atoms with E-state index in [-0.39, 0.29) is 18.1 Å². The minimum Gasteiger partial charge on any atom is -0.493 e. The van der Waals surface area contributed by atoms with Crippen molar-refractivity contribution in [3.63, 3.8) is 0 Å². The molecule has 2 amide bonds. The highest BCUT2D eigenvalue weighted by Crippen LogP contribution is 2.29. The Morgan fingerprint density at radius 1 is 0.943 bits per heavy atom. The maximum absolute atomic E-state index is 12.7. The molecule has 2 N–H and O–H groups in total. The molecule has 0 atom stereocenters. The Kier molecular flexibility index (Phi) is 8.25. The summed E-state index contributed by atoms with van der Waals surface area (Å²) < 4.78 is 11.0. The molecule has 0 aliphatic rings. The first-order chi connectivity index (χ1) is 16.8. The van der Waals surface area contributed by atoms with Crippen LogP contribution >= 0.6 is 0 Å². The Bertz CT molecular complexity index is 1320. The lowest BCUT2D eigenvalue weighted by atomic mass is 10.1. The predicted molar refractivity (Wildman–Crippen MR) is 136 cm³/mol. The predicted octanol–water partition coefficient (Wildman–Crippen LogP) is 5.18. The first-order valence-electron chi connectivity index (χ1n) is 11.0. The standard InChI is InChI=1S/C28H27N3O4/c1-18-6-5-7-23(13-18)30-27(32)17-35-25-11-9-21(15-26(25)34-4)14-22(16-29)28(33)31-24-10-8-19(2)12-20(24)3/h5-15H,17H2,1-4H3,(H,30,32)(H,31,33)/b22-14+. The molecule has 0 unspecified atom stereocenters. The summed E-state index contributed by atoms with van der Waals surface area (Å²) in [5.41, 5.74) is 4.88. The van der Waals surface area contributed by atoms with Gasteiger partial charge in [0.25, 0.3) is 11.8 Å². The number of nitrogens with one attached hydrogen (secondary N) is 2. The van der Waals surface area contributed by atoms with Crippen LogP contribution in [0.3, 0.4) is 0 Å². The Morgan fingerprint density at radius 2 is 1.71 bits per heavy atom. The van der Waals surface area contributed by atoms with Gasteiger partial charge in [-0.3, -0.25) is 9.59 Å². The van der Waals surface area contributed by atoms with Gasteiger partial charge < -0.3 is 20.1 Å². The molecular formula is C28H27N3O4. The second kappa shape index (κ2) is 11.5. The minimum absolute atomic E-state index is 0.0572. The first kappa shape index (κ1) is 25.1. The van der Waals surface area contributed by atoms with E-state index in [1.54, 1.807) is 24.3 Å². The molecule has 7 nitrogen and oxygen atoms in total. The summed E-state index contributed by atoms with van der Waals surface area (Å²) in [6.07, 6.45) is 1.47. The Morgan fingerprint density at radius 3 is 2.40 bits per heavy atom. The van der Waals surface area contributed by atoms with Crippen LogP contribution < -0.4 is 20.1 Å². The first-order valence-corrected chi connectivity index (χ1v) is 11.0. The zero-order valence-electron chi connectivity index (χ0n) is 20.1. The number of ether oxygens (including phenoxy) is 2. The fraction of sp³-hybridized carbons (Fsp3) is 0.179. The number of anilines is 2. The maximum atomic E-state index is 12.7. The number of nitrogens with zero attached hydrogens (tertiary/aromatic N) is 1. The molecule has 35 heavy (non-hydrogen) atoms. The summed E-state index contributed by atoms with van der Waals surface area (Å²) in [7, 11) is 1.47. The van der Waals surface area contributed by atoms with Gasteiger partial charge in [0, 0.05) is 11.4 Å². The Hall–Kier alpha value is -4.57. The van der Waals surface area contributed by atoms with Crippen molar-refractivity contribution in [3.05, 3.63) is 88.5 Å². The van der Waals surface area contributed by atoms with Crippen molar-refractivity contribution in [3.8, 4) is 17.6 Å². The molecule has 178 valence electrons. The van der Waals surface area contributed by atoms with E-state index in [0.29, 0.717) is 28.4 Å². The van der Waals surface area contributed by atoms with Gasteiger partial charge in [-0.25, -0.2) is 0 Å². The molecule has 3 aromatic carbocycles. The molecule has 0 aliphatic carbocycles. The van der Waals surface area contributed by atoms with Crippen molar-refractivity contribution in [1.29, 1.82) is 5.26 Å². The summed E-state index contributed by atoms with van der Waals surface area (Å²) in [5, 5.41) is 15.1. The van der Waals surface area contributed by atoms with Gasteiger partial charge in [-0.15, -0.1) is 0 Å². The Labute approximate surface area is 205 Å². The van der Waals surface area contributed by atoms with E-state index in [4.69, 9.17) is 9.47 Å². The van der Waals surface area contributed by atoms with Crippen molar-refractivity contribution < 1.29 is 19.1 Å². The van der Waals surface area contributed by atoms with E-state index < -0.39 is 5.91 Å². The van der Waals surface area contributed by atoms with Gasteiger partial charge in [-0.05, 0) is 73.9 Å². The molecule has 0 bridgehead atoms. The second-order valence-corrected chi connectivity index (χ2v) is 8.06. The van der Waals surface area contributed by atoms with Crippen LogP contribution in [-0.2, 0) is 9.59 Å². The van der Waals surface area contributed by atoms with Crippen LogP contribution in [0, 0.1) is 32.1 Å². The number of methoxy groups -OCH3 is 1. The van der Waals surface area contributed by atoms with Gasteiger partial charge in [0.1, 0.15) is 11.6 Å². The molecule has 0 aromatic heterocycles. The highest BCUT2D eigenvalue weighted by molar-refractivity contribution is 6.10. The van der Waals surface area contributed by atoms with E-state index in [0.717, 1.165) is 16.7 Å². The minimum atomic E-state index is -0.508. The molecule has 7 heteroatoms. The number of hydrogen-bond acceptors (Lipinski definition) is 5. The SMILES string of the molecule is COc1cc(/C=C(\C#N)C(=O)Nc2ccc(C)cc2C)ccc1OCC(=O)Nc1cccc(C)c1. The van der Waals surface area contributed by atoms with Crippen molar-refractivity contribution in [2.45, 2.75) is 20.8 Å². The third-order valence-electron chi connectivity index (χ3n) is 5.15. The van der Waals surface area contributed by atoms with Gasteiger partial charge >= 0.3 is 0 Å². The average Bonchev–Trinajstić information content (AvgIpc) is 2.83. The fourth-order valence-electron chi connectivity index (χ4n) is 3.42. The third-order valence-corrected chi connectivity index (χ3v) is 5.15. The monoisotopic (exact) mass is 469 g/mol. The largest absolute Gasteiger partial charge is 0.493 e. The van der Waals surface area contributed by atoms with E-state index in [2.05, 4.69) is 10.6 Å². The summed E-state index contributed by atoms with van der Waals surface area (Å²) in [6.45, 7) is 5.60. The molecule has 3 rings (SSSR count). The normalized spacial score (nSPS) is 10.8. The Balaban J connectivity index is 1.69. The molecular weight excluding hydrogens is 442 g/mol. The quantitative estimate of drug-likeness (QED) is 0.350. The molecule has 0 heterocycles. The molecule has 0 spiro atoms. The van der Waals surface area contributed by atoms with Crippen LogP contribution in [0.1, 0.15) is 22.3 Å². The van der Waals surface area contributed by atoms with E-state index in [1.807, 2.05) is 63.2 Å². The highest BCUT2D eigenvalue weighted by Gasteiger charge is 2.13. The van der Waals surface area contributed by atoms with Crippen LogP contribution in [0.25, 0.3) is 6.08 Å². The number of nitriles is 1. The lowest BCUT2D eigenvalue weighted by molar-refractivity contribution is -0.118. The van der Waals surface area contributed by atoms with Gasteiger partial charge in [-0.1, -0.05) is 35.9 Å². The van der Waals surface area contributed by atoms with Gasteiger partial charge in [0.15, 0.2) is 18.1 Å². The van der Waals surface area contributed by atoms with Crippen molar-refractivity contribution in [1.82, 2.24) is 0 Å². The van der Waals surface area contributed by atoms with Crippen LogP contribution in [0.15, 0.2) is 66.2 Å². The van der Waals surface area contributed by atoms with Crippen molar-refractivity contribution in [2.24, 2.45) is 0 Å². The number of carbonyl (C=O) groups is 2. The smallest absolute Gasteiger partial charge is 0.266 e. The van der Waals surface area contributed by atoms with Crippen LogP contribution in [0.2, 0.25) is 0 Å². The number of benzene rings is 3. The van der Waals surface area contributed by atoms with Gasteiger partial charge in [0.2, 0.25) is 0 Å². The number of amides is 2. The van der Waals surface area contributed by atoms with Crippen LogP contribution in [0.5, 0.6) is 11.5 Å². The summed E-state index contributed by atoms with van der Waals surface area (Å²) in [5.74, 6) is -0.0838. The summed E-state index contributed by atoms with van der Waals surface area (Å²) >= 11 is 0. The van der Waals surface area contributed by atoms with Crippen LogP contribution in [-0.4, -0.2) is 25.5 Å². The van der Waals surface area contributed by atoms with Crippen LogP contribution in [0.4, 0.5) is 11.4 Å². The molecule has 0 saturated heterocycles. The molecule has 0 radical (unpaired) electrons. The van der Waals surface area contributed by atoms with Gasteiger partial charge in [0.05, 0.1) is 7.11 Å². The average molecular weight is 470 g/mol. The van der Waals surface area contributed by atoms with Crippen molar-refractivity contribution >= 4 is 29.3 Å². The summed E-state index contributed by atoms with van der Waals surface area (Å²) in [6, 6.07) is 20.0. The zero-order chi connectivity index (χ0) is 25.4. The number of hydrogen-bond donors (Lipinski definition) is 2. The summed E-state index contributed by atoms with van der Waals surface area (Å²) in [4.78, 5) is 24.9. The fourth-order valence-corrected chi connectivity index (χ4v) is 3.42. The number of carbonyl (C=O) groups excluding carboxylic acids is 2. The van der Waals surface area contributed by atoms with E-state index in [1.165, 1.54) is 13.2 Å². The second-order valence-electron chi connectivity index (χ2n) is 8.06. The molecule has 0 saturated carbocycles. The number of rotatable bonds is 8. The highest BCUT2D eigenvalue weighted by atomic mass is 16.5. The number of aryl methyl sites for hydroxylation is 3. The lowest BCUT2D eigenvalue weighted by Crippen LogP contribution is -2.20. The topological polar surface area (TPSA) is 100 Å². The van der Waals surface area contributed by atoms with Crippen molar-refractivity contribution in [2.75, 3.05) is 24.4 Å². The molecule has 0 fully saturated rings. The molecule has 3 aromatic rings.